The van der Waals surface area contributed by atoms with E-state index in [-0.39, 0.29) is 0 Å². The fraction of sp³-hybridized carbons (Fsp3) is 0. The number of aromatic nitrogens is 4. The van der Waals surface area contributed by atoms with Crippen LogP contribution in [0.25, 0.3) is 17.1 Å². The summed E-state index contributed by atoms with van der Waals surface area (Å²) in [5.41, 5.74) is 2.40. The lowest BCUT2D eigenvalue weighted by Crippen LogP contribution is -1.96. The first-order valence-electron chi connectivity index (χ1n) is 7.64. The van der Waals surface area contributed by atoms with Crippen LogP contribution in [-0.4, -0.2) is 19.7 Å². The first kappa shape index (κ1) is 15.4. The van der Waals surface area contributed by atoms with E-state index in [0.717, 1.165) is 17.1 Å². The van der Waals surface area contributed by atoms with Gasteiger partial charge in [0.15, 0.2) is 0 Å². The zero-order valence-corrected chi connectivity index (χ0v) is 13.8. The second-order valence-electron chi connectivity index (χ2n) is 5.30. The molecule has 25 heavy (non-hydrogen) atoms. The van der Waals surface area contributed by atoms with Crippen molar-refractivity contribution in [3.8, 4) is 28.6 Å². The monoisotopic (exact) mass is 348 g/mol. The number of nitrogens with zero attached hydrogens (tertiary/aromatic N) is 4. The van der Waals surface area contributed by atoms with Gasteiger partial charge in [0.25, 0.3) is 0 Å². The van der Waals surface area contributed by atoms with E-state index < -0.39 is 0 Å². The molecule has 3 heterocycles. The van der Waals surface area contributed by atoms with Gasteiger partial charge >= 0.3 is 0 Å². The molecule has 0 N–H and O–H groups in total. The average Bonchev–Trinajstić information content (AvgIpc) is 3.13. The number of halogens is 1. The van der Waals surface area contributed by atoms with Gasteiger partial charge in [-0.3, -0.25) is 9.97 Å². The number of benzene rings is 1. The minimum atomic E-state index is 0.561. The Hall–Kier alpha value is -3.18. The SMILES string of the molecule is Clc1cc(Oc2cccnc2)cc(-n2ccc(-c3ccccn3)n2)c1. The molecule has 0 saturated carbocycles. The van der Waals surface area contributed by atoms with Crippen LogP contribution in [0, 0.1) is 0 Å². The van der Waals surface area contributed by atoms with Crippen molar-refractivity contribution in [2.75, 3.05) is 0 Å². The predicted octanol–water partition coefficient (Wildman–Crippen LogP) is 4.78. The highest BCUT2D eigenvalue weighted by atomic mass is 35.5. The van der Waals surface area contributed by atoms with E-state index in [4.69, 9.17) is 16.3 Å². The Kier molecular flexibility index (Phi) is 4.14. The van der Waals surface area contributed by atoms with Crippen LogP contribution in [0.15, 0.2) is 79.4 Å². The van der Waals surface area contributed by atoms with Crippen molar-refractivity contribution >= 4 is 11.6 Å². The number of hydrogen-bond acceptors (Lipinski definition) is 4. The third kappa shape index (κ3) is 3.51. The molecule has 0 spiro atoms. The van der Waals surface area contributed by atoms with Crippen molar-refractivity contribution in [2.24, 2.45) is 0 Å². The minimum Gasteiger partial charge on any atom is -0.456 e. The molecule has 5 nitrogen and oxygen atoms in total. The molecule has 0 bridgehead atoms. The lowest BCUT2D eigenvalue weighted by atomic mass is 10.3. The topological polar surface area (TPSA) is 52.8 Å². The van der Waals surface area contributed by atoms with Crippen molar-refractivity contribution in [1.82, 2.24) is 19.7 Å². The molecule has 0 fully saturated rings. The van der Waals surface area contributed by atoms with Crippen LogP contribution >= 0.6 is 11.6 Å². The molecule has 0 aliphatic heterocycles. The summed E-state index contributed by atoms with van der Waals surface area (Å²) in [4.78, 5) is 8.35. The third-order valence-electron chi connectivity index (χ3n) is 3.51. The fourth-order valence-electron chi connectivity index (χ4n) is 2.40. The highest BCUT2D eigenvalue weighted by molar-refractivity contribution is 6.30. The van der Waals surface area contributed by atoms with Crippen LogP contribution in [0.1, 0.15) is 0 Å². The third-order valence-corrected chi connectivity index (χ3v) is 3.73. The van der Waals surface area contributed by atoms with Crippen LogP contribution in [0.4, 0.5) is 0 Å². The second kappa shape index (κ2) is 6.75. The van der Waals surface area contributed by atoms with Crippen LogP contribution in [0.5, 0.6) is 11.5 Å². The Labute approximate surface area is 149 Å². The van der Waals surface area contributed by atoms with Gasteiger partial charge in [-0.25, -0.2) is 4.68 Å². The Morgan fingerprint density at radius 2 is 1.84 bits per heavy atom. The van der Waals surface area contributed by atoms with Crippen molar-refractivity contribution < 1.29 is 4.74 Å². The molecule has 0 atom stereocenters. The average molecular weight is 349 g/mol. The van der Waals surface area contributed by atoms with Crippen molar-refractivity contribution in [3.63, 3.8) is 0 Å². The zero-order chi connectivity index (χ0) is 17.1. The smallest absolute Gasteiger partial charge is 0.145 e. The van der Waals surface area contributed by atoms with E-state index in [1.165, 1.54) is 0 Å². The summed E-state index contributed by atoms with van der Waals surface area (Å²) in [5, 5.41) is 5.13. The molecule has 4 aromatic rings. The Morgan fingerprint density at radius 1 is 0.880 bits per heavy atom. The van der Waals surface area contributed by atoms with E-state index in [1.807, 2.05) is 54.7 Å². The quantitative estimate of drug-likeness (QED) is 0.533. The second-order valence-corrected chi connectivity index (χ2v) is 5.73. The molecule has 1 aromatic carbocycles. The molecule has 0 aliphatic carbocycles. The molecule has 0 amide bonds. The maximum absolute atomic E-state index is 6.24. The standard InChI is InChI=1S/C19H13ClN4O/c20-14-10-15(12-17(11-14)25-16-4-3-7-21-13-16)24-9-6-19(23-24)18-5-1-2-8-22-18/h1-13H. The van der Waals surface area contributed by atoms with Gasteiger partial charge in [-0.05, 0) is 42.5 Å². The summed E-state index contributed by atoms with van der Waals surface area (Å²) in [6.07, 6.45) is 6.95. The van der Waals surface area contributed by atoms with E-state index >= 15 is 0 Å². The van der Waals surface area contributed by atoms with Gasteiger partial charge in [-0.2, -0.15) is 5.10 Å². The lowest BCUT2D eigenvalue weighted by Gasteiger charge is -2.08. The van der Waals surface area contributed by atoms with Gasteiger partial charge in [-0.15, -0.1) is 0 Å². The molecule has 4 rings (SSSR count). The highest BCUT2D eigenvalue weighted by Crippen LogP contribution is 2.27. The molecule has 0 radical (unpaired) electrons. The highest BCUT2D eigenvalue weighted by Gasteiger charge is 2.08. The van der Waals surface area contributed by atoms with Gasteiger partial charge in [-0.1, -0.05) is 17.7 Å². The Bertz CT molecular complexity index is 987. The van der Waals surface area contributed by atoms with Crippen LogP contribution in [-0.2, 0) is 0 Å². The van der Waals surface area contributed by atoms with E-state index in [0.29, 0.717) is 16.5 Å². The van der Waals surface area contributed by atoms with Gasteiger partial charge in [0.2, 0.25) is 0 Å². The molecule has 0 aliphatic rings. The summed E-state index contributed by atoms with van der Waals surface area (Å²) < 4.78 is 7.55. The van der Waals surface area contributed by atoms with E-state index in [9.17, 15) is 0 Å². The largest absolute Gasteiger partial charge is 0.456 e. The lowest BCUT2D eigenvalue weighted by molar-refractivity contribution is 0.480. The summed E-state index contributed by atoms with van der Waals surface area (Å²) in [6, 6.07) is 16.7. The number of pyridine rings is 2. The number of rotatable bonds is 4. The van der Waals surface area contributed by atoms with E-state index in [2.05, 4.69) is 15.1 Å². The Balaban J connectivity index is 1.66. The minimum absolute atomic E-state index is 0.561. The molecule has 3 aromatic heterocycles. The molecule has 122 valence electrons. The van der Waals surface area contributed by atoms with Crippen LogP contribution in [0.2, 0.25) is 5.02 Å². The van der Waals surface area contributed by atoms with Gasteiger partial charge < -0.3 is 4.74 Å². The molecular weight excluding hydrogens is 336 g/mol. The van der Waals surface area contributed by atoms with Crippen LogP contribution in [0.3, 0.4) is 0 Å². The number of ether oxygens (including phenoxy) is 1. The van der Waals surface area contributed by atoms with Crippen molar-refractivity contribution in [2.45, 2.75) is 0 Å². The summed E-state index contributed by atoms with van der Waals surface area (Å²) in [7, 11) is 0. The Morgan fingerprint density at radius 3 is 2.64 bits per heavy atom. The summed E-state index contributed by atoms with van der Waals surface area (Å²) >= 11 is 6.24. The molecule has 6 heteroatoms. The van der Waals surface area contributed by atoms with Gasteiger partial charge in [0.05, 0.1) is 17.6 Å². The fourth-order valence-corrected chi connectivity index (χ4v) is 2.62. The normalized spacial score (nSPS) is 10.6. The number of hydrogen-bond donors (Lipinski definition) is 0. The zero-order valence-electron chi connectivity index (χ0n) is 13.1. The molecular formula is C19H13ClN4O. The maximum atomic E-state index is 6.24. The maximum Gasteiger partial charge on any atom is 0.145 e. The first-order chi connectivity index (χ1) is 12.3. The predicted molar refractivity (Wildman–Crippen MR) is 96.1 cm³/mol. The van der Waals surface area contributed by atoms with Crippen molar-refractivity contribution in [1.29, 1.82) is 0 Å². The van der Waals surface area contributed by atoms with Crippen molar-refractivity contribution in [3.05, 3.63) is 84.4 Å². The summed E-state index contributed by atoms with van der Waals surface area (Å²) in [6.45, 7) is 0. The summed E-state index contributed by atoms with van der Waals surface area (Å²) in [5.74, 6) is 1.26. The van der Waals surface area contributed by atoms with E-state index in [1.54, 1.807) is 29.3 Å². The van der Waals surface area contributed by atoms with Gasteiger partial charge in [0.1, 0.15) is 17.2 Å². The van der Waals surface area contributed by atoms with Crippen LogP contribution < -0.4 is 4.74 Å². The first-order valence-corrected chi connectivity index (χ1v) is 8.02. The van der Waals surface area contributed by atoms with Gasteiger partial charge in [0, 0.05) is 29.7 Å². The molecule has 0 saturated heterocycles. The molecule has 0 unspecified atom stereocenters.